The minimum absolute atomic E-state index is 0.136. The molecule has 0 bridgehead atoms. The molecule has 2 amide bonds. The van der Waals surface area contributed by atoms with E-state index in [4.69, 9.17) is 9.47 Å². The number of aryl methyl sites for hydroxylation is 1. The maximum Gasteiger partial charge on any atom is 0.341 e. The maximum absolute atomic E-state index is 12.4. The third-order valence-electron chi connectivity index (χ3n) is 4.84. The number of thioether (sulfide) groups is 1. The van der Waals surface area contributed by atoms with Crippen LogP contribution in [0.4, 0.5) is 10.7 Å². The average molecular weight is 461 g/mol. The molecule has 2 heterocycles. The molecule has 0 saturated carbocycles. The lowest BCUT2D eigenvalue weighted by Gasteiger charge is -2.16. The number of esters is 2. The van der Waals surface area contributed by atoms with Crippen LogP contribution in [0.2, 0.25) is 0 Å². The number of hydrogen-bond acceptors (Lipinski definition) is 8. The molecule has 1 aromatic heterocycles. The molecule has 162 valence electrons. The highest BCUT2D eigenvalue weighted by Crippen LogP contribution is 2.39. The zero-order valence-electron chi connectivity index (χ0n) is 16.7. The fourth-order valence-electron chi connectivity index (χ4n) is 3.50. The summed E-state index contributed by atoms with van der Waals surface area (Å²) in [7, 11) is 0. The van der Waals surface area contributed by atoms with Crippen molar-refractivity contribution in [3.05, 3.63) is 39.8 Å². The van der Waals surface area contributed by atoms with E-state index in [-0.39, 0.29) is 18.1 Å². The molecule has 31 heavy (non-hydrogen) atoms. The summed E-state index contributed by atoms with van der Waals surface area (Å²) in [5.41, 5.74) is 2.12. The Bertz CT molecular complexity index is 1080. The molecule has 0 atom stereocenters. The summed E-state index contributed by atoms with van der Waals surface area (Å²) in [4.78, 5) is 50.6. The first-order valence-electron chi connectivity index (χ1n) is 9.81. The van der Waals surface area contributed by atoms with Gasteiger partial charge in [0.2, 0.25) is 5.91 Å². The van der Waals surface area contributed by atoms with E-state index in [1.54, 1.807) is 19.1 Å². The molecule has 0 fully saturated rings. The molecule has 2 aromatic rings. The number of carbonyl (C=O) groups excluding carboxylic acids is 4. The van der Waals surface area contributed by atoms with Crippen LogP contribution >= 0.6 is 23.1 Å². The number of amides is 2. The van der Waals surface area contributed by atoms with Gasteiger partial charge in [-0.15, -0.1) is 23.1 Å². The number of rotatable bonds is 6. The van der Waals surface area contributed by atoms with Crippen molar-refractivity contribution in [3.8, 4) is 0 Å². The Morgan fingerprint density at radius 3 is 2.81 bits per heavy atom. The van der Waals surface area contributed by atoms with Crippen LogP contribution in [0.25, 0.3) is 0 Å². The van der Waals surface area contributed by atoms with Crippen molar-refractivity contribution in [3.63, 3.8) is 0 Å². The lowest BCUT2D eigenvalue weighted by Crippen LogP contribution is -2.22. The molecular formula is C21H20N2O6S2. The Morgan fingerprint density at radius 2 is 2.00 bits per heavy atom. The molecule has 0 unspecified atom stereocenters. The van der Waals surface area contributed by atoms with Crippen molar-refractivity contribution in [2.45, 2.75) is 31.1 Å². The second-order valence-electron chi connectivity index (χ2n) is 6.95. The molecule has 0 radical (unpaired) electrons. The Balaban J connectivity index is 1.40. The number of fused-ring (bicyclic) bond motifs is 2. The summed E-state index contributed by atoms with van der Waals surface area (Å²) in [5, 5.41) is 5.82. The van der Waals surface area contributed by atoms with Crippen molar-refractivity contribution in [1.82, 2.24) is 0 Å². The van der Waals surface area contributed by atoms with Gasteiger partial charge in [-0.05, 0) is 49.9 Å². The Kier molecular flexibility index (Phi) is 6.28. The number of carbonyl (C=O) groups is 4. The summed E-state index contributed by atoms with van der Waals surface area (Å²) in [6.45, 7) is 1.48. The van der Waals surface area contributed by atoms with Crippen LogP contribution in [-0.2, 0) is 31.9 Å². The van der Waals surface area contributed by atoms with Gasteiger partial charge in [0.15, 0.2) is 6.61 Å². The van der Waals surface area contributed by atoms with Crippen molar-refractivity contribution in [2.24, 2.45) is 0 Å². The van der Waals surface area contributed by atoms with E-state index in [2.05, 4.69) is 10.6 Å². The third-order valence-corrected chi connectivity index (χ3v) is 7.12. The molecule has 0 saturated heterocycles. The van der Waals surface area contributed by atoms with Crippen LogP contribution in [0.1, 0.15) is 44.5 Å². The number of nitrogens with one attached hydrogen (secondary N) is 2. The minimum atomic E-state index is -0.679. The molecule has 1 aliphatic carbocycles. The van der Waals surface area contributed by atoms with E-state index < -0.39 is 24.5 Å². The standard InChI is InChI=1S/C21H20N2O6S2/c1-2-28-21(27)18-12-4-3-5-14(12)31-19(18)23-16(24)9-29-20(26)11-6-7-15-13(8-11)22-17(25)10-30-15/h6-8H,2-5,9-10H2,1H3,(H,22,25)(H,23,24). The molecule has 4 rings (SSSR count). The lowest BCUT2D eigenvalue weighted by molar-refractivity contribution is -0.119. The highest BCUT2D eigenvalue weighted by Gasteiger charge is 2.28. The van der Waals surface area contributed by atoms with E-state index in [0.29, 0.717) is 22.0 Å². The van der Waals surface area contributed by atoms with Crippen LogP contribution in [0.3, 0.4) is 0 Å². The van der Waals surface area contributed by atoms with Gasteiger partial charge >= 0.3 is 11.9 Å². The zero-order valence-corrected chi connectivity index (χ0v) is 18.4. The number of thiophene rings is 1. The summed E-state index contributed by atoms with van der Waals surface area (Å²) in [6.07, 6.45) is 2.61. The quantitative estimate of drug-likeness (QED) is 0.637. The Labute approximate surface area is 186 Å². The van der Waals surface area contributed by atoms with Gasteiger partial charge in [-0.2, -0.15) is 0 Å². The van der Waals surface area contributed by atoms with Gasteiger partial charge in [0.25, 0.3) is 5.91 Å². The van der Waals surface area contributed by atoms with Gasteiger partial charge in [0.1, 0.15) is 5.00 Å². The predicted molar refractivity (Wildman–Crippen MR) is 117 cm³/mol. The van der Waals surface area contributed by atoms with E-state index in [1.807, 2.05) is 0 Å². The second-order valence-corrected chi connectivity index (χ2v) is 9.08. The zero-order chi connectivity index (χ0) is 22.0. The SMILES string of the molecule is CCOC(=O)c1c(NC(=O)COC(=O)c2ccc3c(c2)NC(=O)CS3)sc2c1CCC2. The van der Waals surface area contributed by atoms with Crippen molar-refractivity contribution in [2.75, 3.05) is 29.6 Å². The second kappa shape index (κ2) is 9.11. The number of hydrogen-bond donors (Lipinski definition) is 2. The number of anilines is 2. The monoisotopic (exact) mass is 460 g/mol. The fourth-order valence-corrected chi connectivity index (χ4v) is 5.58. The largest absolute Gasteiger partial charge is 0.462 e. The van der Waals surface area contributed by atoms with E-state index in [9.17, 15) is 19.2 Å². The van der Waals surface area contributed by atoms with Gasteiger partial charge < -0.3 is 20.1 Å². The van der Waals surface area contributed by atoms with Gasteiger partial charge in [0.05, 0.1) is 29.2 Å². The van der Waals surface area contributed by atoms with Crippen LogP contribution in [-0.4, -0.2) is 42.7 Å². The lowest BCUT2D eigenvalue weighted by atomic mass is 10.1. The number of benzene rings is 1. The summed E-state index contributed by atoms with van der Waals surface area (Å²) in [5.74, 6) is -1.48. The van der Waals surface area contributed by atoms with E-state index >= 15 is 0 Å². The summed E-state index contributed by atoms with van der Waals surface area (Å²) >= 11 is 2.75. The van der Waals surface area contributed by atoms with Crippen molar-refractivity contribution >= 4 is 57.5 Å². The molecule has 0 spiro atoms. The number of ether oxygens (including phenoxy) is 2. The van der Waals surface area contributed by atoms with Crippen LogP contribution in [0.15, 0.2) is 23.1 Å². The molecular weight excluding hydrogens is 440 g/mol. The van der Waals surface area contributed by atoms with Gasteiger partial charge in [-0.25, -0.2) is 9.59 Å². The minimum Gasteiger partial charge on any atom is -0.462 e. The third kappa shape index (κ3) is 4.59. The van der Waals surface area contributed by atoms with Gasteiger partial charge in [-0.3, -0.25) is 9.59 Å². The predicted octanol–water partition coefficient (Wildman–Crippen LogP) is 3.25. The molecule has 8 nitrogen and oxygen atoms in total. The van der Waals surface area contributed by atoms with Crippen LogP contribution in [0.5, 0.6) is 0 Å². The van der Waals surface area contributed by atoms with E-state index in [0.717, 1.165) is 34.6 Å². The molecule has 10 heteroatoms. The van der Waals surface area contributed by atoms with Crippen LogP contribution < -0.4 is 10.6 Å². The Hall–Kier alpha value is -2.85. The average Bonchev–Trinajstić information content (AvgIpc) is 3.32. The van der Waals surface area contributed by atoms with Crippen LogP contribution in [0, 0.1) is 0 Å². The van der Waals surface area contributed by atoms with Gasteiger partial charge in [-0.1, -0.05) is 0 Å². The van der Waals surface area contributed by atoms with E-state index in [1.165, 1.54) is 29.2 Å². The maximum atomic E-state index is 12.4. The van der Waals surface area contributed by atoms with Gasteiger partial charge in [0, 0.05) is 9.77 Å². The fraction of sp³-hybridized carbons (Fsp3) is 0.333. The molecule has 1 aliphatic heterocycles. The molecule has 1 aromatic carbocycles. The Morgan fingerprint density at radius 1 is 1.16 bits per heavy atom. The first-order chi connectivity index (χ1) is 15.0. The topological polar surface area (TPSA) is 111 Å². The van der Waals surface area contributed by atoms with Crippen molar-refractivity contribution < 1.29 is 28.7 Å². The molecule has 2 aliphatic rings. The molecule has 2 N–H and O–H groups in total. The first kappa shape index (κ1) is 21.4. The normalized spacial score (nSPS) is 14.3. The van der Waals surface area contributed by atoms with Crippen molar-refractivity contribution in [1.29, 1.82) is 0 Å². The highest BCUT2D eigenvalue weighted by atomic mass is 32.2. The smallest absolute Gasteiger partial charge is 0.341 e. The summed E-state index contributed by atoms with van der Waals surface area (Å²) in [6, 6.07) is 4.85. The first-order valence-corrected chi connectivity index (χ1v) is 11.6. The highest BCUT2D eigenvalue weighted by molar-refractivity contribution is 8.00. The summed E-state index contributed by atoms with van der Waals surface area (Å²) < 4.78 is 10.3.